The molecule has 3 aromatic rings. The van der Waals surface area contributed by atoms with Gasteiger partial charge in [0.15, 0.2) is 11.5 Å². The highest BCUT2D eigenvalue weighted by Gasteiger charge is 2.34. The normalized spacial score (nSPS) is 15.9. The predicted molar refractivity (Wildman–Crippen MR) is 87.7 cm³/mol. The van der Waals surface area contributed by atoms with E-state index < -0.39 is 5.89 Å². The lowest BCUT2D eigenvalue weighted by molar-refractivity contribution is 0.612. The van der Waals surface area contributed by atoms with Crippen molar-refractivity contribution in [2.75, 3.05) is 0 Å². The fourth-order valence-corrected chi connectivity index (χ4v) is 2.93. The van der Waals surface area contributed by atoms with E-state index in [-0.39, 0.29) is 17.0 Å². The van der Waals surface area contributed by atoms with Gasteiger partial charge in [0.05, 0.1) is 11.1 Å². The predicted octanol–water partition coefficient (Wildman–Crippen LogP) is 4.61. The van der Waals surface area contributed by atoms with Crippen LogP contribution in [0.3, 0.4) is 0 Å². The highest BCUT2D eigenvalue weighted by Crippen LogP contribution is 2.44. The molecule has 0 aromatic carbocycles. The number of rotatable bonds is 3. The summed E-state index contributed by atoms with van der Waals surface area (Å²) in [6, 6.07) is 5.44. The topological polar surface area (TPSA) is 43.6 Å². The third-order valence-electron chi connectivity index (χ3n) is 4.09. The molecule has 0 spiro atoms. The van der Waals surface area contributed by atoms with Crippen LogP contribution in [-0.2, 0) is 0 Å². The van der Waals surface area contributed by atoms with Crippen LogP contribution < -0.4 is 0 Å². The molecule has 3 heterocycles. The summed E-state index contributed by atoms with van der Waals surface area (Å²) in [7, 11) is 0. The second-order valence-electron chi connectivity index (χ2n) is 6.07. The van der Waals surface area contributed by atoms with Gasteiger partial charge in [-0.05, 0) is 42.5 Å². The maximum Gasteiger partial charge on any atom is 0.224 e. The molecule has 1 saturated carbocycles. The van der Waals surface area contributed by atoms with E-state index in [1.54, 1.807) is 30.5 Å². The Labute approximate surface area is 139 Å². The molecule has 0 amide bonds. The fourth-order valence-electron chi connectivity index (χ4n) is 2.80. The monoisotopic (exact) mass is 331 g/mol. The summed E-state index contributed by atoms with van der Waals surface area (Å²) in [5.74, 6) is -0.434. The summed E-state index contributed by atoms with van der Waals surface area (Å²) in [6.45, 7) is 3.54. The van der Waals surface area contributed by atoms with Gasteiger partial charge >= 0.3 is 0 Å². The number of nitrogens with zero attached hydrogens (tertiary/aromatic N) is 4. The SMILES string of the molecule is [2H]C(C)(C)c1cccc(-n2c(C3CC3)c(F)c3cnc(Cl)nc32)n1. The van der Waals surface area contributed by atoms with Gasteiger partial charge in [-0.25, -0.2) is 14.4 Å². The quantitative estimate of drug-likeness (QED) is 0.658. The van der Waals surface area contributed by atoms with Gasteiger partial charge in [-0.15, -0.1) is 0 Å². The lowest BCUT2D eigenvalue weighted by Crippen LogP contribution is -2.05. The van der Waals surface area contributed by atoms with E-state index in [1.807, 2.05) is 6.07 Å². The van der Waals surface area contributed by atoms with E-state index >= 15 is 0 Å². The zero-order valence-electron chi connectivity index (χ0n) is 13.8. The number of pyridine rings is 1. The van der Waals surface area contributed by atoms with E-state index in [4.69, 9.17) is 13.0 Å². The number of hydrogen-bond acceptors (Lipinski definition) is 3. The standard InChI is InChI=1S/C17H16ClFN4/c1-9(2)12-4-3-5-13(21-12)23-15(10-6-7-10)14(19)11-8-20-17(18)22-16(11)23/h3-5,8-10H,6-7H2,1-2H3/i9D. The molecule has 4 rings (SSSR count). The largest absolute Gasteiger partial charge is 0.279 e. The van der Waals surface area contributed by atoms with Gasteiger partial charge in [-0.3, -0.25) is 4.57 Å². The number of fused-ring (bicyclic) bond motifs is 1. The summed E-state index contributed by atoms with van der Waals surface area (Å²) in [5.41, 5.74) is 1.61. The Morgan fingerprint density at radius 2 is 2.13 bits per heavy atom. The molecule has 118 valence electrons. The molecule has 1 aliphatic rings. The third-order valence-corrected chi connectivity index (χ3v) is 4.28. The number of aromatic nitrogens is 4. The van der Waals surface area contributed by atoms with Crippen LogP contribution in [0.1, 0.15) is 51.3 Å². The van der Waals surface area contributed by atoms with E-state index in [0.717, 1.165) is 12.8 Å². The lowest BCUT2D eigenvalue weighted by Gasteiger charge is -2.11. The molecule has 0 saturated heterocycles. The third kappa shape index (κ3) is 2.39. The second-order valence-corrected chi connectivity index (χ2v) is 6.40. The van der Waals surface area contributed by atoms with Crippen molar-refractivity contribution in [3.8, 4) is 5.82 Å². The fraction of sp³-hybridized carbons (Fsp3) is 0.353. The van der Waals surface area contributed by atoms with Crippen molar-refractivity contribution in [1.29, 1.82) is 0 Å². The maximum atomic E-state index is 14.9. The molecule has 4 nitrogen and oxygen atoms in total. The van der Waals surface area contributed by atoms with Crippen molar-refractivity contribution >= 4 is 22.6 Å². The van der Waals surface area contributed by atoms with Gasteiger partial charge in [0, 0.05) is 19.2 Å². The molecule has 23 heavy (non-hydrogen) atoms. The van der Waals surface area contributed by atoms with Gasteiger partial charge in [0.2, 0.25) is 5.28 Å². The highest BCUT2D eigenvalue weighted by molar-refractivity contribution is 6.28. The zero-order chi connectivity index (χ0) is 17.1. The van der Waals surface area contributed by atoms with Crippen LogP contribution in [0.15, 0.2) is 24.4 Å². The summed E-state index contributed by atoms with van der Waals surface area (Å²) >= 11 is 5.93. The molecule has 6 heteroatoms. The zero-order valence-corrected chi connectivity index (χ0v) is 13.6. The van der Waals surface area contributed by atoms with Crippen LogP contribution in [0.4, 0.5) is 4.39 Å². The van der Waals surface area contributed by atoms with Crippen LogP contribution in [-0.4, -0.2) is 19.5 Å². The van der Waals surface area contributed by atoms with Crippen LogP contribution >= 0.6 is 11.6 Å². The molecule has 0 atom stereocenters. The Morgan fingerprint density at radius 3 is 2.83 bits per heavy atom. The first-order chi connectivity index (χ1) is 11.4. The summed E-state index contributed by atoms with van der Waals surface area (Å²) in [4.78, 5) is 12.7. The van der Waals surface area contributed by atoms with Crippen molar-refractivity contribution in [2.24, 2.45) is 0 Å². The first kappa shape index (κ1) is 13.4. The molecular weight excluding hydrogens is 315 g/mol. The molecule has 0 bridgehead atoms. The lowest BCUT2D eigenvalue weighted by atomic mass is 10.1. The van der Waals surface area contributed by atoms with Crippen LogP contribution in [0.2, 0.25) is 5.28 Å². The molecule has 0 radical (unpaired) electrons. The highest BCUT2D eigenvalue weighted by atomic mass is 35.5. The van der Waals surface area contributed by atoms with Gasteiger partial charge in [0.1, 0.15) is 5.82 Å². The molecule has 0 aliphatic heterocycles. The molecular formula is C17H16ClFN4. The van der Waals surface area contributed by atoms with Gasteiger partial charge in [-0.2, -0.15) is 4.98 Å². The van der Waals surface area contributed by atoms with E-state index in [9.17, 15) is 4.39 Å². The first-order valence-electron chi connectivity index (χ1n) is 8.06. The van der Waals surface area contributed by atoms with E-state index in [1.165, 1.54) is 6.20 Å². The maximum absolute atomic E-state index is 14.9. The molecule has 0 N–H and O–H groups in total. The molecule has 1 fully saturated rings. The van der Waals surface area contributed by atoms with Crippen molar-refractivity contribution in [1.82, 2.24) is 19.5 Å². The van der Waals surface area contributed by atoms with Gasteiger partial charge < -0.3 is 0 Å². The van der Waals surface area contributed by atoms with Gasteiger partial charge in [-0.1, -0.05) is 19.9 Å². The minimum atomic E-state index is -0.843. The Balaban J connectivity index is 2.02. The Hall–Kier alpha value is -2.01. The van der Waals surface area contributed by atoms with Crippen LogP contribution in [0, 0.1) is 5.82 Å². The van der Waals surface area contributed by atoms with Crippen molar-refractivity contribution in [3.63, 3.8) is 0 Å². The molecule has 0 unspecified atom stereocenters. The van der Waals surface area contributed by atoms with E-state index in [0.29, 0.717) is 28.2 Å². The first-order valence-corrected chi connectivity index (χ1v) is 7.94. The summed E-state index contributed by atoms with van der Waals surface area (Å²) in [5, 5.41) is 0.416. The Kier molecular flexibility index (Phi) is 3.08. The van der Waals surface area contributed by atoms with Crippen LogP contribution in [0.5, 0.6) is 0 Å². The molecule has 1 aliphatic carbocycles. The average Bonchev–Trinajstić information content (AvgIpc) is 3.32. The molecule has 3 aromatic heterocycles. The minimum Gasteiger partial charge on any atom is -0.279 e. The number of hydrogen-bond donors (Lipinski definition) is 0. The Morgan fingerprint density at radius 1 is 1.35 bits per heavy atom. The summed E-state index contributed by atoms with van der Waals surface area (Å²) in [6.07, 6.45) is 3.30. The van der Waals surface area contributed by atoms with E-state index in [2.05, 4.69) is 15.0 Å². The average molecular weight is 332 g/mol. The Bertz CT molecular complexity index is 944. The van der Waals surface area contributed by atoms with Crippen molar-refractivity contribution < 1.29 is 5.76 Å². The second kappa shape index (κ2) is 5.27. The minimum absolute atomic E-state index is 0.0700. The van der Waals surface area contributed by atoms with Gasteiger partial charge in [0.25, 0.3) is 0 Å². The number of halogens is 2. The van der Waals surface area contributed by atoms with Crippen LogP contribution in [0.25, 0.3) is 16.9 Å². The smallest absolute Gasteiger partial charge is 0.224 e. The summed E-state index contributed by atoms with van der Waals surface area (Å²) < 4.78 is 24.8. The van der Waals surface area contributed by atoms with Crippen molar-refractivity contribution in [3.05, 3.63) is 46.9 Å². The van der Waals surface area contributed by atoms with Crippen molar-refractivity contribution in [2.45, 2.75) is 38.5 Å².